The topological polar surface area (TPSA) is 134 Å². The van der Waals surface area contributed by atoms with Crippen LogP contribution >= 0.6 is 0 Å². The fourth-order valence-electron chi connectivity index (χ4n) is 1.82. The number of ether oxygens (including phenoxy) is 1. The molecule has 2 N–H and O–H groups in total. The number of rotatable bonds is 4. The van der Waals surface area contributed by atoms with Crippen LogP contribution in [0.2, 0.25) is 0 Å². The molecule has 0 saturated carbocycles. The molecule has 22 heavy (non-hydrogen) atoms. The van der Waals surface area contributed by atoms with E-state index in [1.54, 1.807) is 0 Å². The van der Waals surface area contributed by atoms with Gasteiger partial charge in [0.2, 0.25) is 5.76 Å². The first-order chi connectivity index (χ1) is 10.2. The van der Waals surface area contributed by atoms with Crippen LogP contribution in [0.25, 0.3) is 11.0 Å². The van der Waals surface area contributed by atoms with Crippen LogP contribution < -0.4 is 4.74 Å². The zero-order chi connectivity index (χ0) is 16.7. The number of sulfonamides is 1. The number of aromatic carboxylic acids is 1. The van der Waals surface area contributed by atoms with Gasteiger partial charge in [-0.15, -0.1) is 0 Å². The van der Waals surface area contributed by atoms with Gasteiger partial charge in [0, 0.05) is 18.5 Å². The van der Waals surface area contributed by atoms with Gasteiger partial charge in [-0.1, -0.05) is 0 Å². The smallest absolute Gasteiger partial charge is 0.421 e. The van der Waals surface area contributed by atoms with Crippen LogP contribution in [0, 0.1) is 0 Å². The number of methoxy groups -OCH3 is 1. The van der Waals surface area contributed by atoms with Crippen LogP contribution in [0.15, 0.2) is 27.5 Å². The summed E-state index contributed by atoms with van der Waals surface area (Å²) in [6, 6.07) is 3.37. The number of carboxylic acid groups (broad SMARTS) is 2. The van der Waals surface area contributed by atoms with Gasteiger partial charge in [-0.05, 0) is 12.1 Å². The lowest BCUT2D eigenvalue weighted by atomic mass is 10.2. The largest absolute Gasteiger partial charge is 0.493 e. The summed E-state index contributed by atoms with van der Waals surface area (Å²) in [5.74, 6) is -1.76. The molecule has 0 aliphatic heterocycles. The molecule has 118 valence electrons. The summed E-state index contributed by atoms with van der Waals surface area (Å²) in [6.07, 6.45) is -1.68. The van der Waals surface area contributed by atoms with Gasteiger partial charge in [-0.25, -0.2) is 22.3 Å². The molecular formula is C12H11NO8S. The summed E-state index contributed by atoms with van der Waals surface area (Å²) >= 11 is 0. The Balaban J connectivity index is 2.81. The average Bonchev–Trinajstić information content (AvgIpc) is 2.90. The molecule has 0 aliphatic rings. The van der Waals surface area contributed by atoms with Gasteiger partial charge < -0.3 is 19.4 Å². The predicted molar refractivity (Wildman–Crippen MR) is 72.7 cm³/mol. The molecule has 1 heterocycles. The highest BCUT2D eigenvalue weighted by Crippen LogP contribution is 2.34. The Hall–Kier alpha value is -2.75. The van der Waals surface area contributed by atoms with Crippen molar-refractivity contribution in [1.82, 2.24) is 4.31 Å². The summed E-state index contributed by atoms with van der Waals surface area (Å²) < 4.78 is 34.7. The minimum atomic E-state index is -4.38. The maximum Gasteiger partial charge on any atom is 0.421 e. The molecule has 1 aromatic carbocycles. The minimum absolute atomic E-state index is 0.0788. The Kier molecular flexibility index (Phi) is 3.71. The van der Waals surface area contributed by atoms with E-state index in [4.69, 9.17) is 19.4 Å². The van der Waals surface area contributed by atoms with Crippen molar-refractivity contribution >= 4 is 33.1 Å². The second kappa shape index (κ2) is 5.22. The van der Waals surface area contributed by atoms with Gasteiger partial charge in [-0.2, -0.15) is 0 Å². The fourth-order valence-corrected chi connectivity index (χ4v) is 2.99. The van der Waals surface area contributed by atoms with Crippen LogP contribution in [0.4, 0.5) is 4.79 Å². The van der Waals surface area contributed by atoms with Crippen molar-refractivity contribution in [1.29, 1.82) is 0 Å². The second-order valence-electron chi connectivity index (χ2n) is 4.18. The quantitative estimate of drug-likeness (QED) is 0.860. The lowest BCUT2D eigenvalue weighted by Gasteiger charge is -2.14. The molecule has 9 nitrogen and oxygen atoms in total. The van der Waals surface area contributed by atoms with Crippen LogP contribution in [-0.4, -0.2) is 49.2 Å². The van der Waals surface area contributed by atoms with Crippen LogP contribution in [0.5, 0.6) is 5.75 Å². The first kappa shape index (κ1) is 15.6. The molecule has 0 radical (unpaired) electrons. The molecule has 1 amide bonds. The highest BCUT2D eigenvalue weighted by molar-refractivity contribution is 7.89. The minimum Gasteiger partial charge on any atom is -0.493 e. The number of carbonyl (C=O) groups is 2. The van der Waals surface area contributed by atoms with Crippen molar-refractivity contribution < 1.29 is 37.4 Å². The maximum atomic E-state index is 12.3. The van der Waals surface area contributed by atoms with E-state index in [-0.39, 0.29) is 21.0 Å². The van der Waals surface area contributed by atoms with Crippen LogP contribution in [0.3, 0.4) is 0 Å². The Morgan fingerprint density at radius 2 is 1.91 bits per heavy atom. The Morgan fingerprint density at radius 1 is 1.27 bits per heavy atom. The molecule has 0 spiro atoms. The molecule has 0 unspecified atom stereocenters. The van der Waals surface area contributed by atoms with Gasteiger partial charge >= 0.3 is 12.1 Å². The third-order valence-electron chi connectivity index (χ3n) is 2.95. The lowest BCUT2D eigenvalue weighted by molar-refractivity contribution is 0.0664. The molecule has 1 aromatic heterocycles. The number of nitrogens with zero attached hydrogens (tertiary/aromatic N) is 1. The predicted octanol–water partition coefficient (Wildman–Crippen LogP) is 1.44. The molecule has 0 saturated heterocycles. The van der Waals surface area contributed by atoms with Crippen molar-refractivity contribution in [2.75, 3.05) is 14.2 Å². The summed E-state index contributed by atoms with van der Waals surface area (Å²) in [7, 11) is -2.21. The zero-order valence-corrected chi connectivity index (χ0v) is 12.2. The average molecular weight is 329 g/mol. The van der Waals surface area contributed by atoms with Gasteiger partial charge in [-0.3, -0.25) is 0 Å². The molecule has 2 aromatic rings. The summed E-state index contributed by atoms with van der Waals surface area (Å²) in [4.78, 5) is 21.5. The molecule has 2 rings (SSSR count). The number of benzene rings is 1. The third kappa shape index (κ3) is 2.33. The summed E-state index contributed by atoms with van der Waals surface area (Å²) in [5, 5.41) is 17.7. The number of fused-ring (bicyclic) bond motifs is 1. The SMILES string of the molecule is COc1ccc(S(=O)(=O)N(C)C(=O)O)c2cc(C(=O)O)oc12. The van der Waals surface area contributed by atoms with Gasteiger partial charge in [0.15, 0.2) is 11.3 Å². The zero-order valence-electron chi connectivity index (χ0n) is 11.4. The number of amides is 1. The molecule has 10 heteroatoms. The fraction of sp³-hybridized carbons (Fsp3) is 0.167. The van der Waals surface area contributed by atoms with E-state index in [0.29, 0.717) is 0 Å². The lowest BCUT2D eigenvalue weighted by Crippen LogP contribution is -2.31. The summed E-state index contributed by atoms with van der Waals surface area (Å²) in [5.41, 5.74) is -0.0974. The van der Waals surface area contributed by atoms with E-state index in [1.807, 2.05) is 0 Å². The normalized spacial score (nSPS) is 11.4. The molecule has 0 fully saturated rings. The Morgan fingerprint density at radius 3 is 2.41 bits per heavy atom. The van der Waals surface area contributed by atoms with E-state index in [0.717, 1.165) is 19.2 Å². The number of furan rings is 1. The van der Waals surface area contributed by atoms with Gasteiger partial charge in [0.05, 0.1) is 12.0 Å². The molecule has 0 aliphatic carbocycles. The van der Waals surface area contributed by atoms with Crippen LogP contribution in [0.1, 0.15) is 10.6 Å². The molecular weight excluding hydrogens is 318 g/mol. The highest BCUT2D eigenvalue weighted by atomic mass is 32.2. The van der Waals surface area contributed by atoms with E-state index in [2.05, 4.69) is 0 Å². The monoisotopic (exact) mass is 329 g/mol. The van der Waals surface area contributed by atoms with Gasteiger partial charge in [0.1, 0.15) is 0 Å². The second-order valence-corrected chi connectivity index (χ2v) is 6.12. The third-order valence-corrected chi connectivity index (χ3v) is 4.74. The van der Waals surface area contributed by atoms with E-state index >= 15 is 0 Å². The Bertz CT molecular complexity index is 867. The van der Waals surface area contributed by atoms with Gasteiger partial charge in [0.25, 0.3) is 10.0 Å². The van der Waals surface area contributed by atoms with Crippen molar-refractivity contribution in [3.8, 4) is 5.75 Å². The highest BCUT2D eigenvalue weighted by Gasteiger charge is 2.29. The van der Waals surface area contributed by atoms with Crippen molar-refractivity contribution in [3.63, 3.8) is 0 Å². The van der Waals surface area contributed by atoms with Crippen molar-refractivity contribution in [2.45, 2.75) is 4.90 Å². The number of hydrogen-bond donors (Lipinski definition) is 2. The maximum absolute atomic E-state index is 12.3. The van der Waals surface area contributed by atoms with Crippen molar-refractivity contribution in [3.05, 3.63) is 24.0 Å². The first-order valence-electron chi connectivity index (χ1n) is 5.75. The Labute approximate surface area is 124 Å². The number of hydrogen-bond acceptors (Lipinski definition) is 6. The molecule has 0 atom stereocenters. The van der Waals surface area contributed by atoms with E-state index in [9.17, 15) is 18.0 Å². The van der Waals surface area contributed by atoms with Crippen molar-refractivity contribution in [2.24, 2.45) is 0 Å². The van der Waals surface area contributed by atoms with E-state index < -0.39 is 32.7 Å². The number of carboxylic acids is 1. The summed E-state index contributed by atoms with van der Waals surface area (Å²) in [6.45, 7) is 0. The van der Waals surface area contributed by atoms with E-state index in [1.165, 1.54) is 13.2 Å². The standard InChI is InChI=1S/C12H11NO8S/c1-13(12(16)17)22(18,19)9-4-3-7(20-2)10-6(9)5-8(21-10)11(14)15/h3-5H,1-2H3,(H,14,15)(H,16,17). The first-order valence-corrected chi connectivity index (χ1v) is 7.20. The van der Waals surface area contributed by atoms with Crippen LogP contribution in [-0.2, 0) is 10.0 Å². The molecule has 0 bridgehead atoms.